The van der Waals surface area contributed by atoms with E-state index in [-0.39, 0.29) is 22.1 Å². The maximum Gasteiger partial charge on any atom is 0.262 e. The van der Waals surface area contributed by atoms with E-state index in [1.165, 1.54) is 19.2 Å². The van der Waals surface area contributed by atoms with Gasteiger partial charge in [-0.2, -0.15) is 5.26 Å². The van der Waals surface area contributed by atoms with Crippen LogP contribution in [-0.2, 0) is 10.0 Å². The predicted molar refractivity (Wildman–Crippen MR) is 141 cm³/mol. The Morgan fingerprint density at radius 2 is 1.68 bits per heavy atom. The minimum Gasteiger partial charge on any atom is -0.355 e. The van der Waals surface area contributed by atoms with Crippen LogP contribution in [0.5, 0.6) is 0 Å². The number of sulfonamides is 1. The molecule has 0 atom stereocenters. The highest BCUT2D eigenvalue weighted by Crippen LogP contribution is 2.30. The first-order valence-corrected chi connectivity index (χ1v) is 13.5. The number of benzene rings is 3. The summed E-state index contributed by atoms with van der Waals surface area (Å²) < 4.78 is 28.9. The number of nitrogens with one attached hydrogen (secondary N) is 2. The molecule has 3 aromatic carbocycles. The van der Waals surface area contributed by atoms with Crippen molar-refractivity contribution in [1.82, 2.24) is 10.2 Å². The number of amides is 2. The molecule has 0 aliphatic carbocycles. The third-order valence-corrected chi connectivity index (χ3v) is 8.09. The first kappa shape index (κ1) is 25.9. The van der Waals surface area contributed by atoms with Crippen molar-refractivity contribution in [2.24, 2.45) is 0 Å². The van der Waals surface area contributed by atoms with Gasteiger partial charge < -0.3 is 10.2 Å². The second-order valence-electron chi connectivity index (χ2n) is 9.01. The highest BCUT2D eigenvalue weighted by molar-refractivity contribution is 7.92. The van der Waals surface area contributed by atoms with Crippen molar-refractivity contribution in [3.8, 4) is 6.07 Å². The predicted octanol–water partition coefficient (Wildman–Crippen LogP) is 4.05. The molecule has 8 nitrogen and oxygen atoms in total. The molecule has 9 heteroatoms. The van der Waals surface area contributed by atoms with E-state index in [1.54, 1.807) is 42.2 Å². The van der Waals surface area contributed by atoms with Crippen molar-refractivity contribution >= 4 is 27.5 Å². The lowest BCUT2D eigenvalue weighted by atomic mass is 9.89. The Hall–Kier alpha value is -4.16. The second kappa shape index (κ2) is 10.8. The number of hydrogen-bond donors (Lipinski definition) is 2. The van der Waals surface area contributed by atoms with Crippen molar-refractivity contribution in [1.29, 1.82) is 5.26 Å². The summed E-state index contributed by atoms with van der Waals surface area (Å²) in [5, 5.41) is 11.5. The lowest BCUT2D eigenvalue weighted by molar-refractivity contribution is 0.0713. The summed E-state index contributed by atoms with van der Waals surface area (Å²) in [6.45, 7) is 2.91. The van der Waals surface area contributed by atoms with E-state index in [2.05, 4.69) is 16.1 Å². The van der Waals surface area contributed by atoms with Crippen LogP contribution in [0.25, 0.3) is 0 Å². The van der Waals surface area contributed by atoms with E-state index in [9.17, 15) is 18.0 Å². The summed E-state index contributed by atoms with van der Waals surface area (Å²) >= 11 is 0. The molecule has 1 fully saturated rings. The van der Waals surface area contributed by atoms with Crippen LogP contribution in [0.1, 0.15) is 56.2 Å². The summed E-state index contributed by atoms with van der Waals surface area (Å²) in [7, 11) is -2.65. The Kier molecular flexibility index (Phi) is 7.60. The minimum atomic E-state index is -4.09. The van der Waals surface area contributed by atoms with Crippen LogP contribution < -0.4 is 10.0 Å². The molecule has 2 N–H and O–H groups in total. The van der Waals surface area contributed by atoms with Crippen molar-refractivity contribution in [3.63, 3.8) is 0 Å². The van der Waals surface area contributed by atoms with Crippen molar-refractivity contribution in [3.05, 3.63) is 94.5 Å². The first-order valence-electron chi connectivity index (χ1n) is 12.0. The van der Waals surface area contributed by atoms with E-state index >= 15 is 0 Å². The number of likely N-dealkylation sites (tertiary alicyclic amines) is 1. The summed E-state index contributed by atoms with van der Waals surface area (Å²) in [6, 6.07) is 20.6. The van der Waals surface area contributed by atoms with Gasteiger partial charge in [0.25, 0.3) is 21.8 Å². The highest BCUT2D eigenvalue weighted by atomic mass is 32.2. The molecule has 190 valence electrons. The Balaban J connectivity index is 1.49. The summed E-state index contributed by atoms with van der Waals surface area (Å²) in [5.74, 6) is -0.354. The van der Waals surface area contributed by atoms with Gasteiger partial charge in [0.1, 0.15) is 4.90 Å². The van der Waals surface area contributed by atoms with E-state index in [4.69, 9.17) is 5.26 Å². The smallest absolute Gasteiger partial charge is 0.262 e. The molecule has 37 heavy (non-hydrogen) atoms. The minimum absolute atomic E-state index is 0.0347. The van der Waals surface area contributed by atoms with Crippen molar-refractivity contribution < 1.29 is 18.0 Å². The van der Waals surface area contributed by atoms with Gasteiger partial charge in [-0.25, -0.2) is 8.42 Å². The molecule has 0 radical (unpaired) electrons. The molecule has 0 saturated carbocycles. The molecule has 4 rings (SSSR count). The number of nitrogens with zero attached hydrogens (tertiary/aromatic N) is 2. The lowest BCUT2D eigenvalue weighted by Gasteiger charge is -2.32. The number of carbonyl (C=O) groups excluding carboxylic acids is 2. The SMILES string of the molecule is CNC(=O)c1ccccc1S(=O)(=O)Nc1cc(C(=O)N2CCC(c3ccc(C#N)cc3)CC2)ccc1C. The molecule has 3 aromatic rings. The van der Waals surface area contributed by atoms with E-state index in [0.717, 1.165) is 18.4 Å². The van der Waals surface area contributed by atoms with Crippen LogP contribution >= 0.6 is 0 Å². The zero-order valence-corrected chi connectivity index (χ0v) is 21.5. The number of hydrogen-bond acceptors (Lipinski definition) is 5. The average molecular weight is 517 g/mol. The average Bonchev–Trinajstić information content (AvgIpc) is 2.93. The van der Waals surface area contributed by atoms with Gasteiger partial charge in [-0.1, -0.05) is 30.3 Å². The third kappa shape index (κ3) is 5.65. The van der Waals surface area contributed by atoms with Gasteiger partial charge in [0.2, 0.25) is 0 Å². The molecule has 1 aliphatic heterocycles. The molecular weight excluding hydrogens is 488 g/mol. The molecule has 0 spiro atoms. The zero-order chi connectivity index (χ0) is 26.6. The number of carbonyl (C=O) groups is 2. The summed E-state index contributed by atoms with van der Waals surface area (Å²) in [4.78, 5) is 27.1. The molecule has 0 unspecified atom stereocenters. The maximum atomic E-state index is 13.3. The highest BCUT2D eigenvalue weighted by Gasteiger charge is 2.26. The Morgan fingerprint density at radius 1 is 1.00 bits per heavy atom. The fourth-order valence-electron chi connectivity index (χ4n) is 4.52. The topological polar surface area (TPSA) is 119 Å². The second-order valence-corrected chi connectivity index (χ2v) is 10.7. The Labute approximate surface area is 217 Å². The number of piperidine rings is 1. The largest absolute Gasteiger partial charge is 0.355 e. The molecular formula is C28H28N4O4S. The molecule has 1 aliphatic rings. The van der Waals surface area contributed by atoms with Crippen LogP contribution in [0.3, 0.4) is 0 Å². The van der Waals surface area contributed by atoms with Gasteiger partial charge in [-0.15, -0.1) is 0 Å². The van der Waals surface area contributed by atoms with Crippen LogP contribution in [0.15, 0.2) is 71.6 Å². The molecule has 0 bridgehead atoms. The Morgan fingerprint density at radius 3 is 2.32 bits per heavy atom. The molecule has 1 heterocycles. The van der Waals surface area contributed by atoms with Crippen molar-refractivity contribution in [2.75, 3.05) is 24.9 Å². The Bertz CT molecular complexity index is 1470. The first-order chi connectivity index (χ1) is 17.7. The molecule has 2 amide bonds. The zero-order valence-electron chi connectivity index (χ0n) is 20.7. The van der Waals surface area contributed by atoms with E-state index < -0.39 is 15.9 Å². The van der Waals surface area contributed by atoms with Crippen molar-refractivity contribution in [2.45, 2.75) is 30.6 Å². The van der Waals surface area contributed by atoms with Gasteiger partial charge >= 0.3 is 0 Å². The van der Waals surface area contributed by atoms with Gasteiger partial charge in [-0.3, -0.25) is 14.3 Å². The number of anilines is 1. The number of rotatable bonds is 6. The number of aryl methyl sites for hydroxylation is 1. The number of nitriles is 1. The fraction of sp³-hybridized carbons (Fsp3) is 0.250. The van der Waals surface area contributed by atoms with Crippen LogP contribution in [0.4, 0.5) is 5.69 Å². The van der Waals surface area contributed by atoms with E-state index in [0.29, 0.717) is 35.7 Å². The molecule has 1 saturated heterocycles. The fourth-order valence-corrected chi connectivity index (χ4v) is 5.84. The summed E-state index contributed by atoms with van der Waals surface area (Å²) in [6.07, 6.45) is 1.61. The van der Waals surface area contributed by atoms with Gasteiger partial charge in [0, 0.05) is 25.7 Å². The quantitative estimate of drug-likeness (QED) is 0.512. The monoisotopic (exact) mass is 516 g/mol. The van der Waals surface area contributed by atoms with Crippen LogP contribution in [0, 0.1) is 18.3 Å². The van der Waals surface area contributed by atoms with Gasteiger partial charge in [-0.05, 0) is 73.2 Å². The van der Waals surface area contributed by atoms with Gasteiger partial charge in [0.15, 0.2) is 0 Å². The van der Waals surface area contributed by atoms with Crippen LogP contribution in [0.2, 0.25) is 0 Å². The van der Waals surface area contributed by atoms with Crippen LogP contribution in [-0.4, -0.2) is 45.3 Å². The normalized spacial score (nSPS) is 14.0. The maximum absolute atomic E-state index is 13.3. The standard InChI is InChI=1S/C28H28N4O4S/c1-19-7-10-23(17-25(19)31-37(35,36)26-6-4-3-5-24(26)27(33)30-2)28(34)32-15-13-22(14-16-32)21-11-8-20(18-29)9-12-21/h3-12,17,22,31H,13-16H2,1-2H3,(H,30,33). The van der Waals surface area contributed by atoms with Gasteiger partial charge in [0.05, 0.1) is 22.9 Å². The summed E-state index contributed by atoms with van der Waals surface area (Å²) in [5.41, 5.74) is 3.14. The lowest BCUT2D eigenvalue weighted by Crippen LogP contribution is -2.38. The third-order valence-electron chi connectivity index (χ3n) is 6.67. The molecule has 0 aromatic heterocycles. The van der Waals surface area contributed by atoms with E-state index in [1.807, 2.05) is 24.3 Å².